The predicted molar refractivity (Wildman–Crippen MR) is 56.3 cm³/mol. The molecular formula is C9H12BrN3O. The minimum absolute atomic E-state index is 0.213. The Balaban J connectivity index is 1.92. The van der Waals surface area contributed by atoms with E-state index < -0.39 is 0 Å². The number of nitrogens with zero attached hydrogens (tertiary/aromatic N) is 2. The van der Waals surface area contributed by atoms with Crippen molar-refractivity contribution in [3.05, 3.63) is 16.9 Å². The first kappa shape index (κ1) is 9.86. The number of piperidine rings is 1. The summed E-state index contributed by atoms with van der Waals surface area (Å²) in [6.07, 6.45) is 5.83. The average Bonchev–Trinajstić information content (AvgIpc) is 2.23. The van der Waals surface area contributed by atoms with Crippen LogP contribution in [0.3, 0.4) is 0 Å². The van der Waals surface area contributed by atoms with Crippen LogP contribution >= 0.6 is 15.9 Å². The second kappa shape index (κ2) is 4.70. The van der Waals surface area contributed by atoms with Gasteiger partial charge < -0.3 is 10.1 Å². The van der Waals surface area contributed by atoms with Gasteiger partial charge in [-0.1, -0.05) is 0 Å². The molecule has 0 aromatic carbocycles. The maximum Gasteiger partial charge on any atom is 0.316 e. The van der Waals surface area contributed by atoms with Crippen LogP contribution in [0.5, 0.6) is 6.01 Å². The van der Waals surface area contributed by atoms with Gasteiger partial charge in [0.2, 0.25) is 0 Å². The van der Waals surface area contributed by atoms with Crippen molar-refractivity contribution in [2.24, 2.45) is 0 Å². The maximum absolute atomic E-state index is 5.60. The number of rotatable bonds is 2. The lowest BCUT2D eigenvalue weighted by atomic mass is 10.1. The number of halogens is 1. The fourth-order valence-electron chi connectivity index (χ4n) is 1.43. The Kier molecular flexibility index (Phi) is 3.31. The Morgan fingerprint density at radius 1 is 1.43 bits per heavy atom. The molecule has 2 rings (SSSR count). The van der Waals surface area contributed by atoms with Gasteiger partial charge in [-0.2, -0.15) is 0 Å². The maximum atomic E-state index is 5.60. The van der Waals surface area contributed by atoms with Crippen LogP contribution in [0.2, 0.25) is 0 Å². The van der Waals surface area contributed by atoms with E-state index in [0.29, 0.717) is 6.01 Å². The third-order valence-electron chi connectivity index (χ3n) is 2.12. The van der Waals surface area contributed by atoms with Crippen LogP contribution in [0, 0.1) is 0 Å². The Bertz CT molecular complexity index is 285. The van der Waals surface area contributed by atoms with Gasteiger partial charge in [0.1, 0.15) is 6.10 Å². The van der Waals surface area contributed by atoms with Crippen molar-refractivity contribution in [2.45, 2.75) is 18.9 Å². The van der Waals surface area contributed by atoms with Crippen LogP contribution < -0.4 is 10.1 Å². The Hall–Kier alpha value is -0.680. The Labute approximate surface area is 91.2 Å². The van der Waals surface area contributed by atoms with Crippen LogP contribution in [0.25, 0.3) is 0 Å². The van der Waals surface area contributed by atoms with E-state index in [1.165, 1.54) is 0 Å². The molecule has 1 aliphatic rings. The van der Waals surface area contributed by atoms with Gasteiger partial charge in [-0.3, -0.25) is 0 Å². The van der Waals surface area contributed by atoms with Gasteiger partial charge >= 0.3 is 6.01 Å². The van der Waals surface area contributed by atoms with Crippen LogP contribution in [-0.2, 0) is 0 Å². The first-order valence-corrected chi connectivity index (χ1v) is 5.49. The summed E-state index contributed by atoms with van der Waals surface area (Å²) in [6.45, 7) is 1.97. The quantitative estimate of drug-likeness (QED) is 0.870. The molecule has 0 aliphatic carbocycles. The van der Waals surface area contributed by atoms with Crippen molar-refractivity contribution in [3.63, 3.8) is 0 Å². The zero-order valence-electron chi connectivity index (χ0n) is 7.74. The van der Waals surface area contributed by atoms with Crippen molar-refractivity contribution in [2.75, 3.05) is 13.1 Å². The van der Waals surface area contributed by atoms with Gasteiger partial charge in [0.15, 0.2) is 0 Å². The highest BCUT2D eigenvalue weighted by Gasteiger charge is 2.15. The van der Waals surface area contributed by atoms with E-state index in [4.69, 9.17) is 4.74 Å². The SMILES string of the molecule is Brc1cnc(O[C@@H]2CCCNC2)nc1. The molecule has 0 spiro atoms. The molecule has 0 radical (unpaired) electrons. The van der Waals surface area contributed by atoms with Crippen LogP contribution in [0.4, 0.5) is 0 Å². The molecule has 0 unspecified atom stereocenters. The molecule has 1 aromatic rings. The molecule has 1 N–H and O–H groups in total. The molecule has 76 valence electrons. The van der Waals surface area contributed by atoms with Gasteiger partial charge in [-0.05, 0) is 35.3 Å². The smallest absolute Gasteiger partial charge is 0.316 e. The number of ether oxygens (including phenoxy) is 1. The average molecular weight is 258 g/mol. The van der Waals surface area contributed by atoms with Crippen molar-refractivity contribution < 1.29 is 4.74 Å². The third kappa shape index (κ3) is 2.65. The van der Waals surface area contributed by atoms with E-state index in [2.05, 4.69) is 31.2 Å². The summed E-state index contributed by atoms with van der Waals surface area (Å²) in [6, 6.07) is 0.460. The fraction of sp³-hybridized carbons (Fsp3) is 0.556. The van der Waals surface area contributed by atoms with E-state index in [9.17, 15) is 0 Å². The first-order chi connectivity index (χ1) is 6.84. The largest absolute Gasteiger partial charge is 0.459 e. The summed E-state index contributed by atoms with van der Waals surface area (Å²) in [5.74, 6) is 0. The number of hydrogen-bond donors (Lipinski definition) is 1. The third-order valence-corrected chi connectivity index (χ3v) is 2.53. The monoisotopic (exact) mass is 257 g/mol. The Morgan fingerprint density at radius 2 is 2.21 bits per heavy atom. The predicted octanol–water partition coefficient (Wildman–Crippen LogP) is 1.37. The minimum Gasteiger partial charge on any atom is -0.459 e. The fourth-order valence-corrected chi connectivity index (χ4v) is 1.64. The molecule has 1 fully saturated rings. The Morgan fingerprint density at radius 3 is 2.86 bits per heavy atom. The standard InChI is InChI=1S/C9H12BrN3O/c10-7-4-12-9(13-5-7)14-8-2-1-3-11-6-8/h4-5,8,11H,1-3,6H2/t8-/m1/s1. The minimum atomic E-state index is 0.213. The summed E-state index contributed by atoms with van der Waals surface area (Å²) in [7, 11) is 0. The number of hydrogen-bond acceptors (Lipinski definition) is 4. The van der Waals surface area contributed by atoms with Crippen molar-refractivity contribution in [1.82, 2.24) is 15.3 Å². The molecule has 0 saturated carbocycles. The topological polar surface area (TPSA) is 47.0 Å². The lowest BCUT2D eigenvalue weighted by molar-refractivity contribution is 0.153. The molecule has 0 amide bonds. The number of aromatic nitrogens is 2. The molecule has 1 aromatic heterocycles. The van der Waals surface area contributed by atoms with E-state index in [1.807, 2.05) is 0 Å². The highest BCUT2D eigenvalue weighted by molar-refractivity contribution is 9.10. The lowest BCUT2D eigenvalue weighted by Crippen LogP contribution is -2.37. The second-order valence-electron chi connectivity index (χ2n) is 3.27. The molecule has 5 heteroatoms. The molecular weight excluding hydrogens is 246 g/mol. The summed E-state index contributed by atoms with van der Waals surface area (Å²) in [5, 5.41) is 3.28. The normalized spacial score (nSPS) is 21.9. The van der Waals surface area contributed by atoms with Gasteiger partial charge in [-0.25, -0.2) is 9.97 Å². The molecule has 1 aliphatic heterocycles. The molecule has 2 heterocycles. The summed E-state index contributed by atoms with van der Waals surface area (Å²) in [5.41, 5.74) is 0. The van der Waals surface area contributed by atoms with Crippen molar-refractivity contribution >= 4 is 15.9 Å². The molecule has 4 nitrogen and oxygen atoms in total. The summed E-state index contributed by atoms with van der Waals surface area (Å²) < 4.78 is 6.47. The van der Waals surface area contributed by atoms with E-state index in [-0.39, 0.29) is 6.10 Å². The first-order valence-electron chi connectivity index (χ1n) is 4.69. The van der Waals surface area contributed by atoms with E-state index in [0.717, 1.165) is 30.4 Å². The van der Waals surface area contributed by atoms with Crippen molar-refractivity contribution in [1.29, 1.82) is 0 Å². The molecule has 14 heavy (non-hydrogen) atoms. The van der Waals surface area contributed by atoms with Crippen LogP contribution in [-0.4, -0.2) is 29.2 Å². The second-order valence-corrected chi connectivity index (χ2v) is 4.19. The zero-order chi connectivity index (χ0) is 9.80. The molecule has 0 bridgehead atoms. The van der Waals surface area contributed by atoms with Crippen molar-refractivity contribution in [3.8, 4) is 6.01 Å². The van der Waals surface area contributed by atoms with Crippen LogP contribution in [0.1, 0.15) is 12.8 Å². The molecule has 1 saturated heterocycles. The van der Waals surface area contributed by atoms with Gasteiger partial charge in [-0.15, -0.1) is 0 Å². The van der Waals surface area contributed by atoms with Gasteiger partial charge in [0.05, 0.1) is 4.47 Å². The number of nitrogens with one attached hydrogen (secondary N) is 1. The summed E-state index contributed by atoms with van der Waals surface area (Å²) >= 11 is 3.28. The van der Waals surface area contributed by atoms with Crippen LogP contribution in [0.15, 0.2) is 16.9 Å². The summed E-state index contributed by atoms with van der Waals surface area (Å²) in [4.78, 5) is 8.13. The van der Waals surface area contributed by atoms with Gasteiger partial charge in [0, 0.05) is 18.9 Å². The van der Waals surface area contributed by atoms with E-state index in [1.54, 1.807) is 12.4 Å². The highest BCUT2D eigenvalue weighted by Crippen LogP contribution is 2.12. The molecule has 1 atom stereocenters. The van der Waals surface area contributed by atoms with E-state index >= 15 is 0 Å². The zero-order valence-corrected chi connectivity index (χ0v) is 9.33. The van der Waals surface area contributed by atoms with Gasteiger partial charge in [0.25, 0.3) is 0 Å². The highest BCUT2D eigenvalue weighted by atomic mass is 79.9. The lowest BCUT2D eigenvalue weighted by Gasteiger charge is -2.22.